The van der Waals surface area contributed by atoms with Crippen LogP contribution < -0.4 is 0 Å². The zero-order chi connectivity index (χ0) is 10.2. The molecular formula is C7HCl2I3O. The number of benzene rings is 1. The highest BCUT2D eigenvalue weighted by Crippen LogP contribution is 2.31. The summed E-state index contributed by atoms with van der Waals surface area (Å²) >= 11 is 17.7. The van der Waals surface area contributed by atoms with Gasteiger partial charge in [0, 0.05) is 10.7 Å². The number of hydrogen-bond donors (Lipinski definition) is 0. The summed E-state index contributed by atoms with van der Waals surface area (Å²) in [5.41, 5.74) is 0.397. The fraction of sp³-hybridized carbons (Fsp3) is 0. The van der Waals surface area contributed by atoms with E-state index in [1.165, 1.54) is 0 Å². The lowest BCUT2D eigenvalue weighted by Crippen LogP contribution is -1.99. The van der Waals surface area contributed by atoms with Gasteiger partial charge in [-0.05, 0) is 85.4 Å². The average molecular weight is 553 g/mol. The summed E-state index contributed by atoms with van der Waals surface area (Å²) in [6.45, 7) is 0. The van der Waals surface area contributed by atoms with E-state index in [2.05, 4.69) is 67.8 Å². The summed E-state index contributed by atoms with van der Waals surface area (Å²) < 4.78 is 2.84. The normalized spacial score (nSPS) is 10.2. The number of carbonyl (C=O) groups excluding carboxylic acids is 1. The van der Waals surface area contributed by atoms with Crippen molar-refractivity contribution in [3.05, 3.63) is 27.4 Å². The summed E-state index contributed by atoms with van der Waals surface area (Å²) in [5.74, 6) is 0. The molecule has 6 heteroatoms. The van der Waals surface area contributed by atoms with E-state index in [0.29, 0.717) is 10.6 Å². The zero-order valence-corrected chi connectivity index (χ0v) is 13.9. The van der Waals surface area contributed by atoms with E-state index in [-0.39, 0.29) is 0 Å². The van der Waals surface area contributed by atoms with Gasteiger partial charge in [-0.2, -0.15) is 0 Å². The lowest BCUT2D eigenvalue weighted by atomic mass is 10.2. The first-order chi connectivity index (χ1) is 5.95. The molecule has 0 atom stereocenters. The third-order valence-electron chi connectivity index (χ3n) is 1.31. The fourth-order valence-corrected chi connectivity index (χ4v) is 4.13. The minimum Gasteiger partial charge on any atom is -0.276 e. The van der Waals surface area contributed by atoms with Gasteiger partial charge in [-0.3, -0.25) is 4.79 Å². The van der Waals surface area contributed by atoms with Crippen molar-refractivity contribution in [3.8, 4) is 0 Å². The van der Waals surface area contributed by atoms with Crippen LogP contribution in [0.1, 0.15) is 10.4 Å². The Morgan fingerprint density at radius 1 is 1.23 bits per heavy atom. The molecule has 1 aromatic carbocycles. The Labute approximate surface area is 126 Å². The van der Waals surface area contributed by atoms with Crippen LogP contribution in [0.25, 0.3) is 0 Å². The molecule has 0 radical (unpaired) electrons. The predicted octanol–water partition coefficient (Wildman–Crippen LogP) is 4.53. The third kappa shape index (κ3) is 2.82. The molecule has 0 heterocycles. The van der Waals surface area contributed by atoms with Gasteiger partial charge < -0.3 is 0 Å². The number of halogens is 5. The van der Waals surface area contributed by atoms with Gasteiger partial charge in [0.2, 0.25) is 0 Å². The highest BCUT2D eigenvalue weighted by atomic mass is 127. The Kier molecular flexibility index (Phi) is 5.02. The van der Waals surface area contributed by atoms with Crippen LogP contribution in [0.15, 0.2) is 6.07 Å². The maximum absolute atomic E-state index is 11.0. The molecule has 0 bridgehead atoms. The van der Waals surface area contributed by atoms with E-state index in [9.17, 15) is 4.79 Å². The Morgan fingerprint density at radius 2 is 1.77 bits per heavy atom. The van der Waals surface area contributed by atoms with Gasteiger partial charge in [0.05, 0.1) is 10.6 Å². The molecule has 0 N–H and O–H groups in total. The van der Waals surface area contributed by atoms with Gasteiger partial charge in [0.1, 0.15) is 0 Å². The summed E-state index contributed by atoms with van der Waals surface area (Å²) in [6, 6.07) is 1.74. The van der Waals surface area contributed by atoms with Crippen molar-refractivity contribution in [1.29, 1.82) is 0 Å². The van der Waals surface area contributed by atoms with Crippen molar-refractivity contribution in [2.45, 2.75) is 0 Å². The largest absolute Gasteiger partial charge is 0.276 e. The van der Waals surface area contributed by atoms with E-state index >= 15 is 0 Å². The lowest BCUT2D eigenvalue weighted by molar-refractivity contribution is 0.108. The van der Waals surface area contributed by atoms with Crippen molar-refractivity contribution in [1.82, 2.24) is 0 Å². The van der Waals surface area contributed by atoms with Gasteiger partial charge in [-0.15, -0.1) is 0 Å². The van der Waals surface area contributed by atoms with E-state index in [4.69, 9.17) is 23.2 Å². The molecule has 0 aliphatic rings. The van der Waals surface area contributed by atoms with Crippen molar-refractivity contribution in [2.24, 2.45) is 0 Å². The van der Waals surface area contributed by atoms with E-state index in [0.717, 1.165) is 10.7 Å². The van der Waals surface area contributed by atoms with Crippen molar-refractivity contribution >= 4 is 96.2 Å². The molecule has 0 saturated heterocycles. The number of rotatable bonds is 1. The smallest absolute Gasteiger partial charge is 0.255 e. The second kappa shape index (κ2) is 5.13. The van der Waals surface area contributed by atoms with E-state index in [1.807, 2.05) is 0 Å². The third-order valence-corrected chi connectivity index (χ3v) is 6.91. The van der Waals surface area contributed by atoms with Crippen LogP contribution in [0, 0.1) is 10.7 Å². The molecule has 70 valence electrons. The maximum Gasteiger partial charge on any atom is 0.255 e. The first-order valence-corrected chi connectivity index (χ1v) is 6.97. The van der Waals surface area contributed by atoms with Crippen LogP contribution in [0.2, 0.25) is 5.02 Å². The standard InChI is InChI=1S/C7HCl2I3O/c8-2-1-3(10)5(11)6(12)4(2)7(9)13/h1H. The van der Waals surface area contributed by atoms with E-state index < -0.39 is 5.24 Å². The topological polar surface area (TPSA) is 17.1 Å². The Morgan fingerprint density at radius 3 is 2.23 bits per heavy atom. The zero-order valence-electron chi connectivity index (χ0n) is 5.88. The second-order valence-electron chi connectivity index (χ2n) is 2.12. The molecule has 1 aromatic rings. The SMILES string of the molecule is O=C(Cl)c1c(Cl)cc(I)c(I)c1I. The average Bonchev–Trinajstić information content (AvgIpc) is 1.99. The Balaban J connectivity index is 3.53. The van der Waals surface area contributed by atoms with Gasteiger partial charge in [-0.25, -0.2) is 0 Å². The van der Waals surface area contributed by atoms with Crippen LogP contribution in [0.4, 0.5) is 0 Å². The van der Waals surface area contributed by atoms with Gasteiger partial charge in [0.25, 0.3) is 5.24 Å². The minimum atomic E-state index is -0.510. The first kappa shape index (κ1) is 12.7. The highest BCUT2D eigenvalue weighted by Gasteiger charge is 2.16. The summed E-state index contributed by atoms with van der Waals surface area (Å²) in [5, 5.41) is -0.0991. The van der Waals surface area contributed by atoms with Crippen LogP contribution in [0.3, 0.4) is 0 Å². The molecule has 13 heavy (non-hydrogen) atoms. The molecule has 0 amide bonds. The molecule has 0 fully saturated rings. The van der Waals surface area contributed by atoms with Crippen LogP contribution in [-0.2, 0) is 0 Å². The molecule has 1 nitrogen and oxygen atoms in total. The quantitative estimate of drug-likeness (QED) is 0.217. The lowest BCUT2D eigenvalue weighted by Gasteiger charge is -2.06. The molecule has 0 saturated carbocycles. The van der Waals surface area contributed by atoms with Gasteiger partial charge >= 0.3 is 0 Å². The molecule has 0 aromatic heterocycles. The maximum atomic E-state index is 11.0. The summed E-state index contributed by atoms with van der Waals surface area (Å²) in [7, 11) is 0. The molecular weight excluding hydrogens is 552 g/mol. The van der Waals surface area contributed by atoms with E-state index in [1.54, 1.807) is 6.07 Å². The van der Waals surface area contributed by atoms with Crippen molar-refractivity contribution in [3.63, 3.8) is 0 Å². The summed E-state index contributed by atoms with van der Waals surface area (Å²) in [6.07, 6.45) is 0. The molecule has 0 aliphatic heterocycles. The molecule has 1 rings (SSSR count). The van der Waals surface area contributed by atoms with Gasteiger partial charge in [0.15, 0.2) is 0 Å². The molecule has 0 spiro atoms. The van der Waals surface area contributed by atoms with Crippen LogP contribution in [-0.4, -0.2) is 5.24 Å². The van der Waals surface area contributed by atoms with Crippen LogP contribution in [0.5, 0.6) is 0 Å². The first-order valence-electron chi connectivity index (χ1n) is 2.98. The molecule has 0 aliphatic carbocycles. The summed E-state index contributed by atoms with van der Waals surface area (Å²) in [4.78, 5) is 11.0. The minimum absolute atomic E-state index is 0.397. The second-order valence-corrected chi connectivity index (χ2v) is 6.19. The number of hydrogen-bond acceptors (Lipinski definition) is 1. The van der Waals surface area contributed by atoms with Crippen molar-refractivity contribution in [2.75, 3.05) is 0 Å². The number of carbonyl (C=O) groups is 1. The fourth-order valence-electron chi connectivity index (χ4n) is 0.746. The Bertz CT molecular complexity index is 378. The predicted molar refractivity (Wildman–Crippen MR) is 79.8 cm³/mol. The Hall–Kier alpha value is 1.66. The monoisotopic (exact) mass is 552 g/mol. The van der Waals surface area contributed by atoms with Gasteiger partial charge in [-0.1, -0.05) is 11.6 Å². The molecule has 0 unspecified atom stereocenters. The highest BCUT2D eigenvalue weighted by molar-refractivity contribution is 14.1. The van der Waals surface area contributed by atoms with Crippen molar-refractivity contribution < 1.29 is 4.79 Å². The van der Waals surface area contributed by atoms with Crippen LogP contribution >= 0.6 is 91.0 Å².